The van der Waals surface area contributed by atoms with Gasteiger partial charge in [0.2, 0.25) is 0 Å². The Kier molecular flexibility index (Phi) is 5.16. The van der Waals surface area contributed by atoms with Gasteiger partial charge in [-0.3, -0.25) is 0 Å². The summed E-state index contributed by atoms with van der Waals surface area (Å²) < 4.78 is 6.76. The second-order valence-corrected chi connectivity index (χ2v) is 7.27. The average Bonchev–Trinajstić information content (AvgIpc) is 2.58. The first kappa shape index (κ1) is 16.3. The van der Waals surface area contributed by atoms with Crippen LogP contribution < -0.4 is 0 Å². The van der Waals surface area contributed by atoms with Crippen molar-refractivity contribution < 1.29 is 14.0 Å². The van der Waals surface area contributed by atoms with Gasteiger partial charge in [0.05, 0.1) is 26.2 Å². The summed E-state index contributed by atoms with van der Waals surface area (Å²) in [5, 5.41) is 0. The molecule has 3 nitrogen and oxygen atoms in total. The Morgan fingerprint density at radius 2 is 1.96 bits per heavy atom. The van der Waals surface area contributed by atoms with E-state index in [1.165, 1.54) is 49.7 Å². The van der Waals surface area contributed by atoms with Crippen LogP contribution in [0.3, 0.4) is 0 Å². The van der Waals surface area contributed by atoms with Crippen LogP contribution >= 0.6 is 0 Å². The maximum Gasteiger partial charge on any atom is 0.330 e. The lowest BCUT2D eigenvalue weighted by Gasteiger charge is -2.51. The number of rotatable bonds is 4. The molecule has 0 saturated carbocycles. The maximum absolute atomic E-state index is 12.0. The van der Waals surface area contributed by atoms with Crippen LogP contribution in [0.5, 0.6) is 0 Å². The van der Waals surface area contributed by atoms with E-state index in [1.807, 2.05) is 36.4 Å². The van der Waals surface area contributed by atoms with Crippen LogP contribution in [-0.4, -0.2) is 43.2 Å². The number of benzene rings is 1. The molecule has 2 aliphatic heterocycles. The van der Waals surface area contributed by atoms with Crippen molar-refractivity contribution in [3.05, 3.63) is 42.0 Å². The van der Waals surface area contributed by atoms with Crippen LogP contribution in [0.15, 0.2) is 36.4 Å². The van der Waals surface area contributed by atoms with Crippen molar-refractivity contribution in [2.75, 3.05) is 26.7 Å². The van der Waals surface area contributed by atoms with E-state index < -0.39 is 0 Å². The van der Waals surface area contributed by atoms with E-state index in [4.69, 9.17) is 4.74 Å². The number of fused-ring (bicyclic) bond motifs is 1. The van der Waals surface area contributed by atoms with Crippen molar-refractivity contribution in [3.63, 3.8) is 0 Å². The number of hydrogen-bond donors (Lipinski definition) is 0. The smallest absolute Gasteiger partial charge is 0.330 e. The zero-order valence-electron chi connectivity index (χ0n) is 14.1. The van der Waals surface area contributed by atoms with Gasteiger partial charge in [-0.15, -0.1) is 0 Å². The zero-order chi connectivity index (χ0) is 16.1. The fraction of sp³-hybridized carbons (Fsp3) is 0.550. The molecule has 0 aromatic heterocycles. The lowest BCUT2D eigenvalue weighted by atomic mass is 9.82. The number of quaternary nitrogens is 1. The molecule has 2 saturated heterocycles. The summed E-state index contributed by atoms with van der Waals surface area (Å²) in [4.78, 5) is 12.0. The molecule has 23 heavy (non-hydrogen) atoms. The van der Waals surface area contributed by atoms with Crippen molar-refractivity contribution in [1.82, 2.24) is 0 Å². The van der Waals surface area contributed by atoms with E-state index in [1.54, 1.807) is 6.08 Å². The Morgan fingerprint density at radius 1 is 1.17 bits per heavy atom. The molecule has 3 heteroatoms. The third-order valence-electron chi connectivity index (χ3n) is 5.66. The molecule has 0 N–H and O–H groups in total. The molecule has 0 aliphatic carbocycles. The van der Waals surface area contributed by atoms with E-state index in [0.717, 1.165) is 5.56 Å². The number of piperidine rings is 2. The highest BCUT2D eigenvalue weighted by atomic mass is 16.5. The minimum Gasteiger partial charge on any atom is -0.462 e. The minimum atomic E-state index is -0.218. The summed E-state index contributed by atoms with van der Waals surface area (Å²) in [5.41, 5.74) is 1.03. The molecule has 3 atom stereocenters. The lowest BCUT2D eigenvalue weighted by Crippen LogP contribution is -2.61. The van der Waals surface area contributed by atoms with Gasteiger partial charge in [-0.25, -0.2) is 4.79 Å². The lowest BCUT2D eigenvalue weighted by molar-refractivity contribution is -0.947. The van der Waals surface area contributed by atoms with Crippen LogP contribution in [0.2, 0.25) is 0 Å². The van der Waals surface area contributed by atoms with Crippen LogP contribution in [-0.2, 0) is 9.53 Å². The molecule has 2 heterocycles. The molecule has 124 valence electrons. The van der Waals surface area contributed by atoms with Gasteiger partial charge in [-0.1, -0.05) is 30.3 Å². The summed E-state index contributed by atoms with van der Waals surface area (Å²) in [6.45, 7) is 3.17. The molecule has 2 aliphatic rings. The first-order valence-corrected chi connectivity index (χ1v) is 8.91. The summed E-state index contributed by atoms with van der Waals surface area (Å²) in [7, 11) is 2.40. The van der Waals surface area contributed by atoms with Gasteiger partial charge in [-0.05, 0) is 37.3 Å². The minimum absolute atomic E-state index is 0.218. The molecule has 2 fully saturated rings. The third kappa shape index (κ3) is 4.03. The van der Waals surface area contributed by atoms with Crippen molar-refractivity contribution in [3.8, 4) is 0 Å². The third-order valence-corrected chi connectivity index (χ3v) is 5.66. The summed E-state index contributed by atoms with van der Waals surface area (Å²) >= 11 is 0. The van der Waals surface area contributed by atoms with E-state index >= 15 is 0 Å². The molecular formula is C20H28NO2+. The topological polar surface area (TPSA) is 26.3 Å². The molecule has 1 unspecified atom stereocenters. The summed E-state index contributed by atoms with van der Waals surface area (Å²) in [6, 6.07) is 10.6. The first-order valence-electron chi connectivity index (χ1n) is 8.91. The van der Waals surface area contributed by atoms with Gasteiger partial charge < -0.3 is 9.22 Å². The number of nitrogens with zero attached hydrogens (tertiary/aromatic N) is 1. The fourth-order valence-corrected chi connectivity index (χ4v) is 4.39. The normalized spacial score (nSPS) is 30.8. The predicted molar refractivity (Wildman–Crippen MR) is 92.7 cm³/mol. The quantitative estimate of drug-likeness (QED) is 0.482. The monoisotopic (exact) mass is 314 g/mol. The van der Waals surface area contributed by atoms with E-state index in [0.29, 0.717) is 18.6 Å². The maximum atomic E-state index is 12.0. The number of esters is 1. The molecule has 0 spiro atoms. The van der Waals surface area contributed by atoms with Crippen molar-refractivity contribution in [1.29, 1.82) is 0 Å². The molecule has 1 aromatic rings. The summed E-state index contributed by atoms with van der Waals surface area (Å²) in [6.07, 6.45) is 9.80. The molecular weight excluding hydrogens is 286 g/mol. The highest BCUT2D eigenvalue weighted by Gasteiger charge is 2.43. The SMILES string of the molecule is C[N+]12CCCC[C@@H]1[C@H](COC(=O)C=Cc1ccccc1)CCC2. The van der Waals surface area contributed by atoms with Crippen molar-refractivity contribution in [2.45, 2.75) is 38.1 Å². The van der Waals surface area contributed by atoms with Gasteiger partial charge >= 0.3 is 5.97 Å². The number of ether oxygens (including phenoxy) is 1. The predicted octanol–water partition coefficient (Wildman–Crippen LogP) is 3.65. The fourth-order valence-electron chi connectivity index (χ4n) is 4.39. The van der Waals surface area contributed by atoms with Crippen molar-refractivity contribution >= 4 is 12.0 Å². The van der Waals surface area contributed by atoms with Crippen LogP contribution in [0.1, 0.15) is 37.7 Å². The van der Waals surface area contributed by atoms with E-state index in [-0.39, 0.29) is 5.97 Å². The Hall–Kier alpha value is -1.61. The highest BCUT2D eigenvalue weighted by Crippen LogP contribution is 2.36. The number of hydrogen-bond acceptors (Lipinski definition) is 2. The standard InChI is InChI=1S/C20H28NO2/c1-21-14-6-5-11-19(21)18(10-7-15-21)16-23-20(22)13-12-17-8-3-2-4-9-17/h2-4,8-9,12-13,18-19H,5-7,10-11,14-16H2,1H3/q+1/t18-,19+,21?/m0/s1. The first-order chi connectivity index (χ1) is 11.2. The van der Waals surface area contributed by atoms with E-state index in [2.05, 4.69) is 7.05 Å². The van der Waals surface area contributed by atoms with Gasteiger partial charge in [0, 0.05) is 18.4 Å². The van der Waals surface area contributed by atoms with Gasteiger partial charge in [0.15, 0.2) is 0 Å². The molecule has 0 radical (unpaired) electrons. The Bertz CT molecular complexity index is 550. The zero-order valence-corrected chi connectivity index (χ0v) is 14.1. The number of carbonyl (C=O) groups excluding carboxylic acids is 1. The van der Waals surface area contributed by atoms with Gasteiger partial charge in [-0.2, -0.15) is 0 Å². The van der Waals surface area contributed by atoms with Crippen LogP contribution in [0.4, 0.5) is 0 Å². The summed E-state index contributed by atoms with van der Waals surface area (Å²) in [5.74, 6) is 0.313. The highest BCUT2D eigenvalue weighted by molar-refractivity contribution is 5.87. The molecule has 3 rings (SSSR count). The van der Waals surface area contributed by atoms with E-state index in [9.17, 15) is 4.79 Å². The second-order valence-electron chi connectivity index (χ2n) is 7.27. The van der Waals surface area contributed by atoms with Gasteiger partial charge in [0.25, 0.3) is 0 Å². The Labute approximate surface area is 139 Å². The van der Waals surface area contributed by atoms with Crippen molar-refractivity contribution in [2.24, 2.45) is 5.92 Å². The Balaban J connectivity index is 1.53. The van der Waals surface area contributed by atoms with Gasteiger partial charge in [0.1, 0.15) is 6.61 Å². The van der Waals surface area contributed by atoms with Crippen LogP contribution in [0, 0.1) is 5.92 Å². The molecule has 0 bridgehead atoms. The molecule has 1 aromatic carbocycles. The second kappa shape index (κ2) is 7.31. The Morgan fingerprint density at radius 3 is 2.78 bits per heavy atom. The molecule has 0 amide bonds. The largest absolute Gasteiger partial charge is 0.462 e. The van der Waals surface area contributed by atoms with Crippen LogP contribution in [0.25, 0.3) is 6.08 Å². The number of carbonyl (C=O) groups is 1. The average molecular weight is 314 g/mol.